The van der Waals surface area contributed by atoms with Crippen molar-refractivity contribution in [1.82, 2.24) is 19.9 Å². The Bertz CT molecular complexity index is 1180. The third-order valence-electron chi connectivity index (χ3n) is 7.08. The molecule has 2 aromatic heterocycles. The van der Waals surface area contributed by atoms with Crippen LogP contribution in [-0.2, 0) is 4.79 Å². The van der Waals surface area contributed by atoms with E-state index in [4.69, 9.17) is 9.97 Å². The van der Waals surface area contributed by atoms with E-state index in [-0.39, 0.29) is 5.91 Å². The lowest BCUT2D eigenvalue weighted by atomic mass is 9.88. The molecule has 0 radical (unpaired) electrons. The van der Waals surface area contributed by atoms with E-state index in [0.717, 1.165) is 67.0 Å². The Hall–Kier alpha value is -3.34. The standard InChI is InChI=1S/C29H32N4O/c1-21-6-5-9-25(18-21)26-20-31-29(24-10-14-30-15-11-24)32-28(26)23-12-16-33(17-13-23)27(34)19-22-7-3-2-4-8-22/h5-7,9-11,14-15,18,20,23H,2-4,8,12-13,16-17,19H2,1H3. The number of carbonyl (C=O) groups excluding carboxylic acids is 1. The zero-order chi connectivity index (χ0) is 23.3. The van der Waals surface area contributed by atoms with E-state index >= 15 is 0 Å². The van der Waals surface area contributed by atoms with Gasteiger partial charge in [-0.2, -0.15) is 0 Å². The molecule has 1 aliphatic heterocycles. The lowest BCUT2D eigenvalue weighted by molar-refractivity contribution is -0.131. The van der Waals surface area contributed by atoms with Crippen molar-refractivity contribution in [3.63, 3.8) is 0 Å². The Labute approximate surface area is 202 Å². The van der Waals surface area contributed by atoms with Crippen molar-refractivity contribution in [2.45, 2.75) is 57.8 Å². The van der Waals surface area contributed by atoms with Crippen LogP contribution in [0.1, 0.15) is 62.1 Å². The zero-order valence-electron chi connectivity index (χ0n) is 19.9. The number of allylic oxidation sites excluding steroid dienone is 1. The smallest absolute Gasteiger partial charge is 0.226 e. The molecule has 1 fully saturated rings. The minimum atomic E-state index is 0.283. The van der Waals surface area contributed by atoms with Crippen LogP contribution in [0.5, 0.6) is 0 Å². The first-order chi connectivity index (χ1) is 16.7. The minimum Gasteiger partial charge on any atom is -0.342 e. The lowest BCUT2D eigenvalue weighted by Crippen LogP contribution is -2.38. The Morgan fingerprint density at radius 2 is 1.88 bits per heavy atom. The third kappa shape index (κ3) is 5.09. The molecule has 0 atom stereocenters. The van der Waals surface area contributed by atoms with E-state index in [1.807, 2.05) is 18.3 Å². The Morgan fingerprint density at radius 3 is 2.62 bits per heavy atom. The number of carbonyl (C=O) groups is 1. The number of piperidine rings is 1. The molecule has 0 N–H and O–H groups in total. The average molecular weight is 453 g/mol. The fourth-order valence-electron chi connectivity index (χ4n) is 5.15. The number of nitrogens with zero attached hydrogens (tertiary/aromatic N) is 4. The second-order valence-electron chi connectivity index (χ2n) is 9.54. The fourth-order valence-corrected chi connectivity index (χ4v) is 5.15. The highest BCUT2D eigenvalue weighted by molar-refractivity contribution is 5.79. The molecule has 0 bridgehead atoms. The summed E-state index contributed by atoms with van der Waals surface area (Å²) in [5, 5.41) is 0. The molecule has 174 valence electrons. The quantitative estimate of drug-likeness (QED) is 0.438. The summed E-state index contributed by atoms with van der Waals surface area (Å²) in [5.41, 5.74) is 6.87. The van der Waals surface area contributed by atoms with Crippen molar-refractivity contribution >= 4 is 5.91 Å². The SMILES string of the molecule is Cc1cccc(-c2cnc(-c3ccncc3)nc2C2CCN(C(=O)CC3=CCCCC3)CC2)c1. The van der Waals surface area contributed by atoms with Gasteiger partial charge in [-0.15, -0.1) is 0 Å². The van der Waals surface area contributed by atoms with Crippen molar-refractivity contribution in [1.29, 1.82) is 0 Å². The predicted octanol–water partition coefficient (Wildman–Crippen LogP) is 6.11. The summed E-state index contributed by atoms with van der Waals surface area (Å²) in [6, 6.07) is 12.4. The molecule has 5 heteroatoms. The molecule has 1 aromatic carbocycles. The van der Waals surface area contributed by atoms with Gasteiger partial charge in [0.2, 0.25) is 5.91 Å². The summed E-state index contributed by atoms with van der Waals surface area (Å²) in [6.45, 7) is 3.69. The van der Waals surface area contributed by atoms with Gasteiger partial charge in [0, 0.05) is 55.1 Å². The molecular formula is C29H32N4O. The molecule has 5 nitrogen and oxygen atoms in total. The summed E-state index contributed by atoms with van der Waals surface area (Å²) in [7, 11) is 0. The summed E-state index contributed by atoms with van der Waals surface area (Å²) < 4.78 is 0. The highest BCUT2D eigenvalue weighted by Gasteiger charge is 2.27. The van der Waals surface area contributed by atoms with Gasteiger partial charge in [-0.05, 0) is 63.1 Å². The van der Waals surface area contributed by atoms with Gasteiger partial charge in [-0.1, -0.05) is 41.5 Å². The van der Waals surface area contributed by atoms with E-state index in [9.17, 15) is 4.79 Å². The number of hydrogen-bond donors (Lipinski definition) is 0. The molecule has 2 aliphatic rings. The number of aryl methyl sites for hydroxylation is 1. The highest BCUT2D eigenvalue weighted by atomic mass is 16.2. The molecule has 3 heterocycles. The van der Waals surface area contributed by atoms with Crippen LogP contribution in [0.4, 0.5) is 0 Å². The molecule has 0 unspecified atom stereocenters. The lowest BCUT2D eigenvalue weighted by Gasteiger charge is -2.33. The van der Waals surface area contributed by atoms with Crippen molar-refractivity contribution in [2.24, 2.45) is 0 Å². The number of benzene rings is 1. The van der Waals surface area contributed by atoms with Gasteiger partial charge in [0.1, 0.15) is 0 Å². The zero-order valence-corrected chi connectivity index (χ0v) is 19.9. The minimum absolute atomic E-state index is 0.283. The van der Waals surface area contributed by atoms with Crippen LogP contribution in [0.2, 0.25) is 0 Å². The largest absolute Gasteiger partial charge is 0.342 e. The highest BCUT2D eigenvalue weighted by Crippen LogP contribution is 2.35. The first-order valence-electron chi connectivity index (χ1n) is 12.5. The van der Waals surface area contributed by atoms with Crippen LogP contribution in [0.15, 0.2) is 66.6 Å². The third-order valence-corrected chi connectivity index (χ3v) is 7.08. The topological polar surface area (TPSA) is 59.0 Å². The molecule has 0 saturated carbocycles. The monoisotopic (exact) mass is 452 g/mol. The maximum atomic E-state index is 12.9. The number of amides is 1. The summed E-state index contributed by atoms with van der Waals surface area (Å²) >= 11 is 0. The van der Waals surface area contributed by atoms with Crippen molar-refractivity contribution < 1.29 is 4.79 Å². The van der Waals surface area contributed by atoms with Crippen LogP contribution >= 0.6 is 0 Å². The number of pyridine rings is 1. The molecular weight excluding hydrogens is 420 g/mol. The summed E-state index contributed by atoms with van der Waals surface area (Å²) in [4.78, 5) is 28.9. The summed E-state index contributed by atoms with van der Waals surface area (Å²) in [5.74, 6) is 1.32. The van der Waals surface area contributed by atoms with Gasteiger partial charge in [-0.25, -0.2) is 9.97 Å². The van der Waals surface area contributed by atoms with E-state index in [2.05, 4.69) is 47.1 Å². The Kier molecular flexibility index (Phi) is 6.79. The summed E-state index contributed by atoms with van der Waals surface area (Å²) in [6.07, 6.45) is 14.9. The van der Waals surface area contributed by atoms with Crippen LogP contribution < -0.4 is 0 Å². The second-order valence-corrected chi connectivity index (χ2v) is 9.54. The first kappa shape index (κ1) is 22.5. The maximum absolute atomic E-state index is 12.9. The van der Waals surface area contributed by atoms with E-state index in [1.165, 1.54) is 24.0 Å². The number of hydrogen-bond acceptors (Lipinski definition) is 4. The van der Waals surface area contributed by atoms with Crippen LogP contribution in [0, 0.1) is 6.92 Å². The number of aromatic nitrogens is 3. The van der Waals surface area contributed by atoms with Gasteiger partial charge < -0.3 is 4.90 Å². The molecule has 5 rings (SSSR count). The van der Waals surface area contributed by atoms with Gasteiger partial charge >= 0.3 is 0 Å². The fraction of sp³-hybridized carbons (Fsp3) is 0.379. The van der Waals surface area contributed by atoms with E-state index in [0.29, 0.717) is 12.3 Å². The average Bonchev–Trinajstić information content (AvgIpc) is 2.89. The van der Waals surface area contributed by atoms with Crippen molar-refractivity contribution in [3.8, 4) is 22.5 Å². The Balaban J connectivity index is 1.38. The first-order valence-corrected chi connectivity index (χ1v) is 12.5. The number of likely N-dealkylation sites (tertiary alicyclic amines) is 1. The van der Waals surface area contributed by atoms with E-state index < -0.39 is 0 Å². The van der Waals surface area contributed by atoms with Crippen LogP contribution in [-0.4, -0.2) is 38.8 Å². The molecule has 1 aliphatic carbocycles. The van der Waals surface area contributed by atoms with Crippen molar-refractivity contribution in [3.05, 3.63) is 77.9 Å². The normalized spacial score (nSPS) is 16.9. The van der Waals surface area contributed by atoms with Gasteiger partial charge in [0.25, 0.3) is 0 Å². The van der Waals surface area contributed by atoms with E-state index in [1.54, 1.807) is 12.4 Å². The Morgan fingerprint density at radius 1 is 1.06 bits per heavy atom. The van der Waals surface area contributed by atoms with Gasteiger partial charge in [-0.3, -0.25) is 9.78 Å². The molecule has 1 amide bonds. The molecule has 1 saturated heterocycles. The molecule has 3 aromatic rings. The van der Waals surface area contributed by atoms with Crippen molar-refractivity contribution in [2.75, 3.05) is 13.1 Å². The molecule has 34 heavy (non-hydrogen) atoms. The predicted molar refractivity (Wildman–Crippen MR) is 135 cm³/mol. The number of rotatable bonds is 5. The maximum Gasteiger partial charge on any atom is 0.226 e. The van der Waals surface area contributed by atoms with Crippen LogP contribution in [0.25, 0.3) is 22.5 Å². The van der Waals surface area contributed by atoms with Crippen LogP contribution in [0.3, 0.4) is 0 Å². The second kappa shape index (κ2) is 10.3. The molecule has 0 spiro atoms. The van der Waals surface area contributed by atoms with Gasteiger partial charge in [0.15, 0.2) is 5.82 Å². The van der Waals surface area contributed by atoms with Gasteiger partial charge in [0.05, 0.1) is 5.69 Å².